The molecule has 0 spiro atoms. The van der Waals surface area contributed by atoms with Crippen molar-refractivity contribution in [3.8, 4) is 11.5 Å². The Hall–Kier alpha value is -2.01. The van der Waals surface area contributed by atoms with Crippen LogP contribution in [0.15, 0.2) is 36.4 Å². The van der Waals surface area contributed by atoms with E-state index in [9.17, 15) is 8.78 Å². The summed E-state index contributed by atoms with van der Waals surface area (Å²) in [7, 11) is 0. The van der Waals surface area contributed by atoms with Crippen LogP contribution in [0.3, 0.4) is 0 Å². The van der Waals surface area contributed by atoms with E-state index in [1.165, 1.54) is 30.3 Å². The number of thiocarbonyl (C=S) groups is 1. The largest absolute Gasteiger partial charge is 0.456 e. The van der Waals surface area contributed by atoms with E-state index >= 15 is 0 Å². The number of halogens is 2. The van der Waals surface area contributed by atoms with Gasteiger partial charge in [0.1, 0.15) is 28.1 Å². The molecule has 0 aromatic heterocycles. The van der Waals surface area contributed by atoms with Crippen molar-refractivity contribution >= 4 is 17.2 Å². The molecule has 0 aliphatic carbocycles. The molecule has 0 fully saturated rings. The van der Waals surface area contributed by atoms with E-state index in [1.807, 2.05) is 0 Å². The van der Waals surface area contributed by atoms with E-state index in [1.54, 1.807) is 13.0 Å². The van der Waals surface area contributed by atoms with Gasteiger partial charge in [0.2, 0.25) is 0 Å². The van der Waals surface area contributed by atoms with Crippen LogP contribution in [0.1, 0.15) is 11.1 Å². The average Bonchev–Trinajstić information content (AvgIpc) is 2.33. The van der Waals surface area contributed by atoms with Gasteiger partial charge in [0.05, 0.1) is 5.56 Å². The Morgan fingerprint density at radius 3 is 2.58 bits per heavy atom. The van der Waals surface area contributed by atoms with Gasteiger partial charge in [-0.3, -0.25) is 0 Å². The number of benzene rings is 2. The molecule has 5 heteroatoms. The Labute approximate surface area is 114 Å². The van der Waals surface area contributed by atoms with Crippen LogP contribution in [0.4, 0.5) is 8.78 Å². The van der Waals surface area contributed by atoms with Crippen molar-refractivity contribution in [1.82, 2.24) is 0 Å². The molecule has 0 saturated heterocycles. The number of nitrogens with two attached hydrogens (primary N) is 1. The fourth-order valence-electron chi connectivity index (χ4n) is 1.63. The molecule has 19 heavy (non-hydrogen) atoms. The molecular weight excluding hydrogens is 268 g/mol. The summed E-state index contributed by atoms with van der Waals surface area (Å²) in [5.41, 5.74) is 6.21. The minimum absolute atomic E-state index is 0.0150. The lowest BCUT2D eigenvalue weighted by atomic mass is 10.1. The molecule has 0 amide bonds. The number of hydrogen-bond donors (Lipinski definition) is 1. The SMILES string of the molecule is Cc1ccc(F)cc1Oc1cccc(F)c1C(N)=S. The van der Waals surface area contributed by atoms with E-state index in [2.05, 4.69) is 0 Å². The first-order valence-electron chi connectivity index (χ1n) is 5.51. The van der Waals surface area contributed by atoms with Gasteiger partial charge in [-0.05, 0) is 30.7 Å². The van der Waals surface area contributed by atoms with Crippen molar-refractivity contribution in [2.24, 2.45) is 5.73 Å². The van der Waals surface area contributed by atoms with Crippen LogP contribution in [0.2, 0.25) is 0 Å². The lowest BCUT2D eigenvalue weighted by molar-refractivity contribution is 0.466. The van der Waals surface area contributed by atoms with Gasteiger partial charge in [0.25, 0.3) is 0 Å². The zero-order chi connectivity index (χ0) is 14.0. The number of aryl methyl sites for hydroxylation is 1. The molecule has 0 aliphatic rings. The second-order valence-electron chi connectivity index (χ2n) is 3.99. The molecule has 0 radical (unpaired) electrons. The molecule has 2 aromatic carbocycles. The normalized spacial score (nSPS) is 10.3. The summed E-state index contributed by atoms with van der Waals surface area (Å²) < 4.78 is 32.4. The molecule has 2 aromatic rings. The number of rotatable bonds is 3. The Bertz CT molecular complexity index is 643. The lowest BCUT2D eigenvalue weighted by Crippen LogP contribution is -2.13. The highest BCUT2D eigenvalue weighted by molar-refractivity contribution is 7.80. The maximum absolute atomic E-state index is 13.7. The minimum atomic E-state index is -0.570. The second kappa shape index (κ2) is 5.32. The van der Waals surface area contributed by atoms with E-state index in [-0.39, 0.29) is 16.3 Å². The van der Waals surface area contributed by atoms with Crippen LogP contribution in [0.5, 0.6) is 11.5 Å². The quantitative estimate of drug-likeness (QED) is 0.870. The first-order valence-corrected chi connectivity index (χ1v) is 5.92. The zero-order valence-corrected chi connectivity index (χ0v) is 10.9. The lowest BCUT2D eigenvalue weighted by Gasteiger charge is -2.12. The third-order valence-corrected chi connectivity index (χ3v) is 2.80. The standard InChI is InChI=1S/C14H11F2NOS/c1-8-5-6-9(15)7-12(8)18-11-4-2-3-10(16)13(11)14(17)19/h2-7H,1H3,(H2,17,19). The Morgan fingerprint density at radius 2 is 1.89 bits per heavy atom. The third-order valence-electron chi connectivity index (χ3n) is 2.59. The van der Waals surface area contributed by atoms with E-state index in [0.29, 0.717) is 5.75 Å². The average molecular weight is 279 g/mol. The van der Waals surface area contributed by atoms with Crippen LogP contribution in [0.25, 0.3) is 0 Å². The predicted molar refractivity (Wildman–Crippen MR) is 73.5 cm³/mol. The second-order valence-corrected chi connectivity index (χ2v) is 4.43. The molecule has 0 heterocycles. The van der Waals surface area contributed by atoms with Crippen molar-refractivity contribution in [3.05, 3.63) is 59.2 Å². The van der Waals surface area contributed by atoms with Crippen LogP contribution >= 0.6 is 12.2 Å². The molecule has 0 saturated carbocycles. The van der Waals surface area contributed by atoms with Crippen molar-refractivity contribution in [2.75, 3.05) is 0 Å². The van der Waals surface area contributed by atoms with Crippen molar-refractivity contribution in [3.63, 3.8) is 0 Å². The number of ether oxygens (including phenoxy) is 1. The minimum Gasteiger partial charge on any atom is -0.456 e. The summed E-state index contributed by atoms with van der Waals surface area (Å²) >= 11 is 4.80. The fraction of sp³-hybridized carbons (Fsp3) is 0.0714. The van der Waals surface area contributed by atoms with Gasteiger partial charge in [-0.2, -0.15) is 0 Å². The van der Waals surface area contributed by atoms with Crippen LogP contribution in [-0.4, -0.2) is 4.99 Å². The molecule has 98 valence electrons. The summed E-state index contributed by atoms with van der Waals surface area (Å²) in [6, 6.07) is 8.36. The highest BCUT2D eigenvalue weighted by Gasteiger charge is 2.14. The third kappa shape index (κ3) is 2.88. The van der Waals surface area contributed by atoms with Gasteiger partial charge < -0.3 is 10.5 Å². The van der Waals surface area contributed by atoms with Crippen molar-refractivity contribution < 1.29 is 13.5 Å². The maximum atomic E-state index is 13.7. The van der Waals surface area contributed by atoms with E-state index in [0.717, 1.165) is 5.56 Å². The fourth-order valence-corrected chi connectivity index (χ4v) is 1.83. The highest BCUT2D eigenvalue weighted by atomic mass is 32.1. The zero-order valence-electron chi connectivity index (χ0n) is 10.1. The first-order chi connectivity index (χ1) is 8.99. The predicted octanol–water partition coefficient (Wildman–Crippen LogP) is 3.70. The summed E-state index contributed by atoms with van der Waals surface area (Å²) in [5.74, 6) is -0.544. The topological polar surface area (TPSA) is 35.2 Å². The molecular formula is C14H11F2NOS. The van der Waals surface area contributed by atoms with Gasteiger partial charge in [0.15, 0.2) is 0 Å². The maximum Gasteiger partial charge on any atom is 0.140 e. The van der Waals surface area contributed by atoms with Gasteiger partial charge in [-0.1, -0.05) is 24.4 Å². The molecule has 2 nitrogen and oxygen atoms in total. The van der Waals surface area contributed by atoms with E-state index < -0.39 is 11.6 Å². The van der Waals surface area contributed by atoms with E-state index in [4.69, 9.17) is 22.7 Å². The van der Waals surface area contributed by atoms with Crippen molar-refractivity contribution in [1.29, 1.82) is 0 Å². The summed E-state index contributed by atoms with van der Waals surface area (Å²) in [6.45, 7) is 1.76. The highest BCUT2D eigenvalue weighted by Crippen LogP contribution is 2.29. The van der Waals surface area contributed by atoms with Crippen LogP contribution < -0.4 is 10.5 Å². The molecule has 0 bridgehead atoms. The monoisotopic (exact) mass is 279 g/mol. The summed E-state index contributed by atoms with van der Waals surface area (Å²) in [5, 5.41) is 0. The first kappa shape index (κ1) is 13.4. The Morgan fingerprint density at radius 1 is 1.16 bits per heavy atom. The molecule has 2 rings (SSSR count). The molecule has 0 aliphatic heterocycles. The molecule has 0 unspecified atom stereocenters. The Balaban J connectivity index is 2.46. The van der Waals surface area contributed by atoms with Gasteiger partial charge in [-0.15, -0.1) is 0 Å². The van der Waals surface area contributed by atoms with Gasteiger partial charge in [-0.25, -0.2) is 8.78 Å². The van der Waals surface area contributed by atoms with Crippen LogP contribution in [-0.2, 0) is 0 Å². The smallest absolute Gasteiger partial charge is 0.140 e. The molecule has 0 atom stereocenters. The Kier molecular flexibility index (Phi) is 3.76. The summed E-state index contributed by atoms with van der Waals surface area (Å²) in [6.07, 6.45) is 0. The molecule has 2 N–H and O–H groups in total. The van der Waals surface area contributed by atoms with Crippen molar-refractivity contribution in [2.45, 2.75) is 6.92 Å². The van der Waals surface area contributed by atoms with Crippen LogP contribution in [0, 0.1) is 18.6 Å². The van der Waals surface area contributed by atoms with Gasteiger partial charge >= 0.3 is 0 Å². The summed E-state index contributed by atoms with van der Waals surface area (Å²) in [4.78, 5) is -0.109. The number of hydrogen-bond acceptors (Lipinski definition) is 2. The van der Waals surface area contributed by atoms with Gasteiger partial charge in [0, 0.05) is 6.07 Å².